The number of aliphatic hydroxyl groups excluding tert-OH is 1. The number of likely N-dealkylation sites (tertiary alicyclic amines) is 2. The molecule has 5 rings (SSSR count). The lowest BCUT2D eigenvalue weighted by Crippen LogP contribution is -2.47. The number of ether oxygens (including phenoxy) is 1. The van der Waals surface area contributed by atoms with Gasteiger partial charge in [-0.05, 0) is 49.6 Å². The highest BCUT2D eigenvalue weighted by atomic mass is 32.2. The van der Waals surface area contributed by atoms with Crippen molar-refractivity contribution in [1.82, 2.24) is 19.4 Å². The van der Waals surface area contributed by atoms with Crippen LogP contribution in [0.3, 0.4) is 0 Å². The van der Waals surface area contributed by atoms with E-state index >= 15 is 0 Å². The van der Waals surface area contributed by atoms with Crippen molar-refractivity contribution in [1.29, 1.82) is 0 Å². The highest BCUT2D eigenvalue weighted by Gasteiger charge is 2.39. The molecule has 3 atom stereocenters. The van der Waals surface area contributed by atoms with Crippen molar-refractivity contribution in [3.8, 4) is 5.75 Å². The van der Waals surface area contributed by atoms with Crippen LogP contribution in [0.1, 0.15) is 36.8 Å². The SMILES string of the molecule is CC(=O)N1CCC(c2ccc3c(c2)O[C@H]2CN(Cc4ccccc4F)C[C@H]2N(C)C[C@@H](O)CNS3(=O)=O)CC1. The van der Waals surface area contributed by atoms with E-state index in [1.54, 1.807) is 25.1 Å². The molecule has 0 saturated carbocycles. The number of hydrogen-bond acceptors (Lipinski definition) is 7. The summed E-state index contributed by atoms with van der Waals surface area (Å²) in [6, 6.07) is 11.8. The number of piperidine rings is 1. The smallest absolute Gasteiger partial charge is 0.244 e. The maximum absolute atomic E-state index is 14.4. The first-order chi connectivity index (χ1) is 18.6. The first-order valence-electron chi connectivity index (χ1n) is 13.5. The van der Waals surface area contributed by atoms with Gasteiger partial charge in [0.2, 0.25) is 15.9 Å². The molecule has 2 saturated heterocycles. The maximum atomic E-state index is 14.4. The molecule has 2 aromatic rings. The fourth-order valence-corrected chi connectivity index (χ4v) is 7.15. The van der Waals surface area contributed by atoms with E-state index in [-0.39, 0.29) is 47.4 Å². The van der Waals surface area contributed by atoms with Crippen LogP contribution < -0.4 is 9.46 Å². The van der Waals surface area contributed by atoms with Crippen molar-refractivity contribution in [3.63, 3.8) is 0 Å². The van der Waals surface area contributed by atoms with Gasteiger partial charge in [-0.25, -0.2) is 17.5 Å². The second-order valence-corrected chi connectivity index (χ2v) is 12.7. The summed E-state index contributed by atoms with van der Waals surface area (Å²) >= 11 is 0. The molecule has 39 heavy (non-hydrogen) atoms. The molecule has 2 aromatic carbocycles. The molecule has 0 unspecified atom stereocenters. The fourth-order valence-electron chi connectivity index (χ4n) is 5.97. The average molecular weight is 561 g/mol. The van der Waals surface area contributed by atoms with Crippen LogP contribution in [0.4, 0.5) is 4.39 Å². The molecule has 212 valence electrons. The predicted octanol–water partition coefficient (Wildman–Crippen LogP) is 1.77. The van der Waals surface area contributed by atoms with Crippen LogP contribution >= 0.6 is 0 Å². The minimum Gasteiger partial charge on any atom is -0.486 e. The van der Waals surface area contributed by atoms with Crippen molar-refractivity contribution in [2.75, 3.05) is 46.3 Å². The maximum Gasteiger partial charge on any atom is 0.244 e. The van der Waals surface area contributed by atoms with Gasteiger partial charge in [-0.1, -0.05) is 24.3 Å². The molecule has 0 aliphatic carbocycles. The van der Waals surface area contributed by atoms with E-state index < -0.39 is 22.2 Å². The van der Waals surface area contributed by atoms with Crippen LogP contribution in [0.25, 0.3) is 0 Å². The zero-order valence-electron chi connectivity index (χ0n) is 22.4. The summed E-state index contributed by atoms with van der Waals surface area (Å²) in [6.45, 7) is 4.51. The first kappa shape index (κ1) is 28.0. The van der Waals surface area contributed by atoms with E-state index in [9.17, 15) is 22.7 Å². The molecule has 1 amide bonds. The number of amides is 1. The van der Waals surface area contributed by atoms with E-state index in [0.29, 0.717) is 38.3 Å². The lowest BCUT2D eigenvalue weighted by atomic mass is 9.89. The molecule has 3 aliphatic heterocycles. The quantitative estimate of drug-likeness (QED) is 0.590. The number of halogens is 1. The molecule has 2 fully saturated rings. The monoisotopic (exact) mass is 560 g/mol. The number of nitrogens with one attached hydrogen (secondary N) is 1. The number of aliphatic hydroxyl groups is 1. The summed E-state index contributed by atoms with van der Waals surface area (Å²) in [6.07, 6.45) is 0.288. The van der Waals surface area contributed by atoms with E-state index in [1.165, 1.54) is 6.07 Å². The second kappa shape index (κ2) is 11.5. The van der Waals surface area contributed by atoms with Gasteiger partial charge in [-0.2, -0.15) is 0 Å². The van der Waals surface area contributed by atoms with Gasteiger partial charge in [0.15, 0.2) is 0 Å². The minimum absolute atomic E-state index is 0.0375. The summed E-state index contributed by atoms with van der Waals surface area (Å²) in [5, 5.41) is 10.6. The third-order valence-corrected chi connectivity index (χ3v) is 9.65. The molecule has 11 heteroatoms. The number of fused-ring (bicyclic) bond motifs is 2. The number of benzene rings is 2. The van der Waals surface area contributed by atoms with Gasteiger partial charge < -0.3 is 14.7 Å². The zero-order chi connectivity index (χ0) is 27.7. The van der Waals surface area contributed by atoms with E-state index in [2.05, 4.69) is 9.62 Å². The molecule has 0 radical (unpaired) electrons. The summed E-state index contributed by atoms with van der Waals surface area (Å²) < 4.78 is 50.0. The lowest BCUT2D eigenvalue weighted by Gasteiger charge is -2.32. The number of sulfonamides is 1. The topological polar surface area (TPSA) is 102 Å². The number of β-amino-alcohol motifs (C(OH)–C–C–N with tert-alkyl or cyclic N) is 1. The Hall–Kier alpha value is -2.57. The fraction of sp³-hybridized carbons (Fsp3) is 0.536. The van der Waals surface area contributed by atoms with E-state index in [4.69, 9.17) is 4.74 Å². The predicted molar refractivity (Wildman–Crippen MR) is 144 cm³/mol. The lowest BCUT2D eigenvalue weighted by molar-refractivity contribution is -0.129. The van der Waals surface area contributed by atoms with Crippen molar-refractivity contribution >= 4 is 15.9 Å². The van der Waals surface area contributed by atoms with Gasteiger partial charge in [-0.15, -0.1) is 0 Å². The Bertz CT molecular complexity index is 1300. The summed E-state index contributed by atoms with van der Waals surface area (Å²) in [5.41, 5.74) is 1.57. The normalized spacial score (nSPS) is 26.8. The van der Waals surface area contributed by atoms with Crippen molar-refractivity contribution < 1.29 is 27.4 Å². The minimum atomic E-state index is -3.94. The Morgan fingerprint density at radius 1 is 1.13 bits per heavy atom. The molecule has 3 heterocycles. The van der Waals surface area contributed by atoms with Gasteiger partial charge in [0, 0.05) is 58.3 Å². The van der Waals surface area contributed by atoms with Crippen LogP contribution in [0, 0.1) is 5.82 Å². The van der Waals surface area contributed by atoms with Gasteiger partial charge in [0.1, 0.15) is 22.6 Å². The number of likely N-dealkylation sites (N-methyl/N-ethyl adjacent to an activating group) is 1. The first-order valence-corrected chi connectivity index (χ1v) is 15.0. The van der Waals surface area contributed by atoms with Gasteiger partial charge >= 0.3 is 0 Å². The number of nitrogens with zero attached hydrogens (tertiary/aromatic N) is 3. The van der Waals surface area contributed by atoms with Crippen LogP contribution in [0.5, 0.6) is 5.75 Å². The molecule has 2 N–H and O–H groups in total. The number of rotatable bonds is 3. The van der Waals surface area contributed by atoms with Crippen molar-refractivity contribution in [2.24, 2.45) is 0 Å². The Kier molecular flexibility index (Phi) is 8.25. The van der Waals surface area contributed by atoms with Crippen LogP contribution in [0.2, 0.25) is 0 Å². The number of carbonyl (C=O) groups is 1. The van der Waals surface area contributed by atoms with E-state index in [0.717, 1.165) is 18.4 Å². The van der Waals surface area contributed by atoms with Crippen LogP contribution in [-0.4, -0.2) is 98.7 Å². The highest BCUT2D eigenvalue weighted by Crippen LogP contribution is 2.35. The summed E-state index contributed by atoms with van der Waals surface area (Å²) in [5.74, 6) is 0.264. The van der Waals surface area contributed by atoms with Crippen LogP contribution in [0.15, 0.2) is 47.4 Å². The number of hydrogen-bond donors (Lipinski definition) is 2. The van der Waals surface area contributed by atoms with Gasteiger partial charge in [0.05, 0.1) is 12.1 Å². The van der Waals surface area contributed by atoms with Gasteiger partial charge in [-0.3, -0.25) is 14.6 Å². The Balaban J connectivity index is 1.45. The largest absolute Gasteiger partial charge is 0.486 e. The van der Waals surface area contributed by atoms with Gasteiger partial charge in [0.25, 0.3) is 0 Å². The van der Waals surface area contributed by atoms with E-state index in [1.807, 2.05) is 35.0 Å². The zero-order valence-corrected chi connectivity index (χ0v) is 23.2. The Labute approximate surface area is 229 Å². The molecule has 0 bridgehead atoms. The Morgan fingerprint density at radius 2 is 1.87 bits per heavy atom. The highest BCUT2D eigenvalue weighted by molar-refractivity contribution is 7.89. The number of carbonyl (C=O) groups excluding carboxylic acids is 1. The molecule has 3 aliphatic rings. The summed E-state index contributed by atoms with van der Waals surface area (Å²) in [7, 11) is -2.05. The Morgan fingerprint density at radius 3 is 2.59 bits per heavy atom. The third kappa shape index (κ3) is 6.28. The van der Waals surface area contributed by atoms with Crippen LogP contribution in [-0.2, 0) is 21.4 Å². The third-order valence-electron chi connectivity index (χ3n) is 8.19. The molecule has 0 spiro atoms. The average Bonchev–Trinajstić information content (AvgIpc) is 3.30. The van der Waals surface area contributed by atoms with Crippen molar-refractivity contribution in [3.05, 3.63) is 59.4 Å². The summed E-state index contributed by atoms with van der Waals surface area (Å²) in [4.78, 5) is 17.7. The molecular weight excluding hydrogens is 523 g/mol. The molecular formula is C28H37FN4O5S. The molecule has 0 aromatic heterocycles. The molecule has 9 nitrogen and oxygen atoms in total. The standard InChI is InChI=1S/C28H37FN4O5S/c1-19(34)33-11-9-20(10-12-33)21-7-8-28-26(13-21)38-27-18-32(15-22-5-3-4-6-24(22)29)17-25(27)31(2)16-23(35)14-30-39(28,36)37/h3-8,13,20,23,25,27,30,35H,9-12,14-18H2,1-2H3/t23-,25+,27-/m0/s1. The van der Waals surface area contributed by atoms with Crippen molar-refractivity contribution in [2.45, 2.75) is 55.4 Å². The second-order valence-electron chi connectivity index (χ2n) is 10.9.